The summed E-state index contributed by atoms with van der Waals surface area (Å²) in [6.07, 6.45) is 0. The van der Waals surface area contributed by atoms with Crippen LogP contribution in [-0.2, 0) is 0 Å². The van der Waals surface area contributed by atoms with Crippen molar-refractivity contribution in [3.8, 4) is 34.0 Å². The van der Waals surface area contributed by atoms with Gasteiger partial charge in [0.1, 0.15) is 0 Å². The van der Waals surface area contributed by atoms with Crippen LogP contribution in [0.5, 0.6) is 0 Å². The van der Waals surface area contributed by atoms with Crippen LogP contribution in [0.3, 0.4) is 0 Å². The molecule has 0 unspecified atom stereocenters. The number of nitrogens with zero attached hydrogens (tertiary/aromatic N) is 4. The smallest absolute Gasteiger partial charge is 0.268 e. The number of carbonyl (C=O) groups excluding carboxylic acids is 2. The normalized spacial score (nSPS) is 12.3. The molecule has 1 aromatic heterocycles. The van der Waals surface area contributed by atoms with Crippen molar-refractivity contribution in [3.05, 3.63) is 162 Å². The fraction of sp³-hybridized carbons (Fsp3) is 0. The summed E-state index contributed by atoms with van der Waals surface area (Å²) in [5.74, 6) is -0.757. The summed E-state index contributed by atoms with van der Waals surface area (Å²) >= 11 is 0. The molecule has 2 heterocycles. The van der Waals surface area contributed by atoms with E-state index in [0.29, 0.717) is 39.3 Å². The van der Waals surface area contributed by atoms with Gasteiger partial charge in [-0.15, -0.1) is 0 Å². The monoisotopic (exact) mass is 590 g/mol. The molecule has 0 N–H and O–H groups in total. The summed E-state index contributed by atoms with van der Waals surface area (Å²) in [5, 5.41) is 11.9. The summed E-state index contributed by atoms with van der Waals surface area (Å²) in [7, 11) is 0. The number of amides is 2. The fourth-order valence-corrected chi connectivity index (χ4v) is 6.55. The van der Waals surface area contributed by atoms with Crippen LogP contribution < -0.4 is 4.90 Å². The summed E-state index contributed by atoms with van der Waals surface area (Å²) in [6, 6.07) is 43.9. The number of benzene rings is 6. The molecule has 0 saturated carbocycles. The SMILES string of the molecule is [C-]#[N+]c1ccc(-c2ccc3c4ccccc4n(-c4cccc5c4C(=O)N(c4ccccc4-c4ccccc4)C5=O)c3c2)c(C#N)c1. The third kappa shape index (κ3) is 3.95. The van der Waals surface area contributed by atoms with Gasteiger partial charge in [0, 0.05) is 21.9 Å². The van der Waals surface area contributed by atoms with E-state index in [1.807, 2.05) is 114 Å². The molecular weight excluding hydrogens is 568 g/mol. The Bertz CT molecular complexity index is 2500. The van der Waals surface area contributed by atoms with Crippen molar-refractivity contribution in [1.29, 1.82) is 5.26 Å². The van der Waals surface area contributed by atoms with E-state index in [0.717, 1.165) is 38.5 Å². The Morgan fingerprint density at radius 2 is 1.30 bits per heavy atom. The van der Waals surface area contributed by atoms with Crippen molar-refractivity contribution >= 4 is 45.0 Å². The van der Waals surface area contributed by atoms with Crippen molar-refractivity contribution in [1.82, 2.24) is 4.57 Å². The molecule has 7 aromatic rings. The van der Waals surface area contributed by atoms with Gasteiger partial charge in [-0.05, 0) is 53.1 Å². The molecule has 6 heteroatoms. The first-order chi connectivity index (χ1) is 22.6. The van der Waals surface area contributed by atoms with Gasteiger partial charge < -0.3 is 4.57 Å². The number of rotatable bonds is 4. The Hall–Kier alpha value is -6.76. The van der Waals surface area contributed by atoms with E-state index in [2.05, 4.69) is 10.9 Å². The molecule has 46 heavy (non-hydrogen) atoms. The van der Waals surface area contributed by atoms with E-state index < -0.39 is 0 Å². The van der Waals surface area contributed by atoms with E-state index >= 15 is 0 Å². The predicted molar refractivity (Wildman–Crippen MR) is 180 cm³/mol. The topological polar surface area (TPSA) is 70.5 Å². The average molecular weight is 591 g/mol. The lowest BCUT2D eigenvalue weighted by molar-refractivity contribution is 0.0926. The second-order valence-electron chi connectivity index (χ2n) is 11.1. The lowest BCUT2D eigenvalue weighted by Gasteiger charge is -2.18. The van der Waals surface area contributed by atoms with Gasteiger partial charge in [-0.25, -0.2) is 9.74 Å². The van der Waals surface area contributed by atoms with Gasteiger partial charge >= 0.3 is 0 Å². The second-order valence-corrected chi connectivity index (χ2v) is 11.1. The maximum absolute atomic E-state index is 14.4. The first-order valence-corrected chi connectivity index (χ1v) is 14.7. The molecule has 6 aromatic carbocycles. The zero-order valence-corrected chi connectivity index (χ0v) is 24.3. The largest absolute Gasteiger partial charge is 0.308 e. The van der Waals surface area contributed by atoms with Gasteiger partial charge in [0.25, 0.3) is 11.8 Å². The summed E-state index contributed by atoms with van der Waals surface area (Å²) in [6.45, 7) is 7.36. The Kier molecular flexibility index (Phi) is 6.10. The van der Waals surface area contributed by atoms with Crippen molar-refractivity contribution in [2.75, 3.05) is 4.90 Å². The zero-order valence-electron chi connectivity index (χ0n) is 24.3. The molecule has 0 aliphatic carbocycles. The number of carbonyl (C=O) groups is 2. The van der Waals surface area contributed by atoms with Crippen LogP contribution in [0.1, 0.15) is 26.3 Å². The Labute approximate surface area is 264 Å². The van der Waals surface area contributed by atoms with Gasteiger partial charge in [-0.1, -0.05) is 97.1 Å². The number of nitriles is 1. The van der Waals surface area contributed by atoms with Crippen LogP contribution in [-0.4, -0.2) is 16.4 Å². The highest BCUT2D eigenvalue weighted by Crippen LogP contribution is 2.41. The molecule has 214 valence electrons. The predicted octanol–water partition coefficient (Wildman–Crippen LogP) is 9.34. The van der Waals surface area contributed by atoms with E-state index in [9.17, 15) is 14.9 Å². The summed E-state index contributed by atoms with van der Waals surface area (Å²) in [5.41, 5.74) is 7.54. The van der Waals surface area contributed by atoms with Crippen LogP contribution in [0.2, 0.25) is 0 Å². The zero-order chi connectivity index (χ0) is 31.4. The molecule has 1 aliphatic heterocycles. The average Bonchev–Trinajstić information content (AvgIpc) is 3.58. The molecule has 0 atom stereocenters. The van der Waals surface area contributed by atoms with Gasteiger partial charge in [0.2, 0.25) is 0 Å². The third-order valence-corrected chi connectivity index (χ3v) is 8.60. The van der Waals surface area contributed by atoms with E-state index in [4.69, 9.17) is 6.57 Å². The highest BCUT2D eigenvalue weighted by molar-refractivity contribution is 6.36. The molecule has 0 bridgehead atoms. The number of hydrogen-bond donors (Lipinski definition) is 0. The second kappa shape index (κ2) is 10.4. The number of imide groups is 1. The minimum atomic E-state index is -0.387. The first-order valence-electron chi connectivity index (χ1n) is 14.7. The van der Waals surface area contributed by atoms with E-state index in [1.165, 1.54) is 4.90 Å². The maximum Gasteiger partial charge on any atom is 0.268 e. The highest BCUT2D eigenvalue weighted by atomic mass is 16.2. The Morgan fingerprint density at radius 3 is 2.13 bits per heavy atom. The fourth-order valence-electron chi connectivity index (χ4n) is 6.55. The van der Waals surface area contributed by atoms with Crippen molar-refractivity contribution in [2.24, 2.45) is 0 Å². The molecule has 0 saturated heterocycles. The molecule has 6 nitrogen and oxygen atoms in total. The highest BCUT2D eigenvalue weighted by Gasteiger charge is 2.40. The number of hydrogen-bond acceptors (Lipinski definition) is 3. The van der Waals surface area contributed by atoms with Crippen molar-refractivity contribution in [3.63, 3.8) is 0 Å². The maximum atomic E-state index is 14.4. The first kappa shape index (κ1) is 26.8. The van der Waals surface area contributed by atoms with Crippen LogP contribution in [0, 0.1) is 17.9 Å². The van der Waals surface area contributed by atoms with Gasteiger partial charge in [0.15, 0.2) is 5.69 Å². The quantitative estimate of drug-likeness (QED) is 0.151. The van der Waals surface area contributed by atoms with E-state index in [1.54, 1.807) is 24.3 Å². The Morgan fingerprint density at radius 1 is 0.587 bits per heavy atom. The Balaban J connectivity index is 1.35. The number of para-hydroxylation sites is 2. The van der Waals surface area contributed by atoms with Crippen LogP contribution in [0.25, 0.3) is 54.6 Å². The lowest BCUT2D eigenvalue weighted by atomic mass is 9.98. The lowest BCUT2D eigenvalue weighted by Crippen LogP contribution is -2.30. The molecule has 0 radical (unpaired) electrons. The third-order valence-electron chi connectivity index (χ3n) is 8.60. The van der Waals surface area contributed by atoms with E-state index in [-0.39, 0.29) is 11.8 Å². The molecule has 2 amide bonds. The molecule has 0 fully saturated rings. The van der Waals surface area contributed by atoms with Gasteiger partial charge in [-0.2, -0.15) is 5.26 Å². The summed E-state index contributed by atoms with van der Waals surface area (Å²) < 4.78 is 2.03. The molecule has 8 rings (SSSR count). The summed E-state index contributed by atoms with van der Waals surface area (Å²) in [4.78, 5) is 33.2. The van der Waals surface area contributed by atoms with Crippen LogP contribution in [0.4, 0.5) is 11.4 Å². The van der Waals surface area contributed by atoms with Crippen molar-refractivity contribution in [2.45, 2.75) is 0 Å². The number of aromatic nitrogens is 1. The molecule has 0 spiro atoms. The minimum absolute atomic E-state index is 0.336. The minimum Gasteiger partial charge on any atom is -0.308 e. The molecule has 1 aliphatic rings. The van der Waals surface area contributed by atoms with Crippen molar-refractivity contribution < 1.29 is 9.59 Å². The van der Waals surface area contributed by atoms with Gasteiger partial charge in [-0.3, -0.25) is 9.59 Å². The number of anilines is 1. The van der Waals surface area contributed by atoms with Gasteiger partial charge in [0.05, 0.1) is 46.2 Å². The number of fused-ring (bicyclic) bond motifs is 4. The van der Waals surface area contributed by atoms with Crippen LogP contribution >= 0.6 is 0 Å². The standard InChI is InChI=1S/C40H22N4O2/c1-42-28-19-21-29(27(22-28)24-41)26-18-20-32-31-13-6-8-16-35(31)43(37(32)23-26)36-17-9-14-33-38(36)40(46)44(39(33)45)34-15-7-5-12-30(34)25-10-3-2-4-11-25/h2-23H. The van der Waals surface area contributed by atoms with Crippen LogP contribution in [0.15, 0.2) is 133 Å². The molecular formula is C40H22N4O2.